The summed E-state index contributed by atoms with van der Waals surface area (Å²) in [6, 6.07) is 7.07. The minimum atomic E-state index is -0.781. The maximum atomic E-state index is 11.9. The van der Waals surface area contributed by atoms with Crippen LogP contribution in [0.5, 0.6) is 0 Å². The molecule has 1 aromatic carbocycles. The van der Waals surface area contributed by atoms with E-state index < -0.39 is 16.7 Å². The van der Waals surface area contributed by atoms with Crippen molar-refractivity contribution < 1.29 is 14.5 Å². The topological polar surface area (TPSA) is 102 Å². The predicted octanol–water partition coefficient (Wildman–Crippen LogP) is 2.21. The Hall–Kier alpha value is -2.80. The van der Waals surface area contributed by atoms with Gasteiger partial charge in [-0.25, -0.2) is 0 Å². The van der Waals surface area contributed by atoms with Gasteiger partial charge >= 0.3 is 0 Å². The average Bonchev–Trinajstić information content (AvgIpc) is 2.47. The number of nitrogens with zero attached hydrogens (tertiary/aromatic N) is 2. The molecule has 0 aliphatic carbocycles. The zero-order valence-corrected chi connectivity index (χ0v) is 11.2. The zero-order chi connectivity index (χ0) is 15.4. The third kappa shape index (κ3) is 3.61. The van der Waals surface area contributed by atoms with Gasteiger partial charge in [-0.1, -0.05) is 17.7 Å². The van der Waals surface area contributed by atoms with Crippen LogP contribution in [0.2, 0.25) is 5.02 Å². The number of halogens is 1. The largest absolute Gasteiger partial charge is 0.288 e. The summed E-state index contributed by atoms with van der Waals surface area (Å²) >= 11 is 5.75. The number of aromatic nitrogens is 1. The minimum absolute atomic E-state index is 0.0837. The number of hydrogen-bond acceptors (Lipinski definition) is 5. The molecule has 0 atom stereocenters. The molecule has 0 aliphatic rings. The lowest BCUT2D eigenvalue weighted by Crippen LogP contribution is -2.30. The molecule has 1 N–H and O–H groups in total. The van der Waals surface area contributed by atoms with Crippen LogP contribution in [-0.2, 0) is 0 Å². The third-order valence-electron chi connectivity index (χ3n) is 2.51. The van der Waals surface area contributed by atoms with Crippen LogP contribution < -0.4 is 5.32 Å². The van der Waals surface area contributed by atoms with Crippen molar-refractivity contribution >= 4 is 29.1 Å². The Morgan fingerprint density at radius 2 is 1.86 bits per heavy atom. The SMILES string of the molecule is O=C(NC(=O)c1cncc([N+](=O)[O-])c1)c1cccc(Cl)c1. The molecule has 1 heterocycles. The number of pyridine rings is 1. The van der Waals surface area contributed by atoms with Crippen LogP contribution >= 0.6 is 11.6 Å². The Balaban J connectivity index is 2.16. The van der Waals surface area contributed by atoms with E-state index >= 15 is 0 Å². The maximum absolute atomic E-state index is 11.9. The van der Waals surface area contributed by atoms with Crippen molar-refractivity contribution in [3.8, 4) is 0 Å². The van der Waals surface area contributed by atoms with E-state index in [0.717, 1.165) is 18.5 Å². The van der Waals surface area contributed by atoms with E-state index in [0.29, 0.717) is 5.02 Å². The number of nitrogens with one attached hydrogen (secondary N) is 1. The molecule has 0 spiro atoms. The van der Waals surface area contributed by atoms with Crippen molar-refractivity contribution in [3.05, 3.63) is 69.0 Å². The fourth-order valence-electron chi connectivity index (χ4n) is 1.53. The number of carbonyl (C=O) groups is 2. The molecular formula is C13H8ClN3O4. The van der Waals surface area contributed by atoms with E-state index in [9.17, 15) is 19.7 Å². The van der Waals surface area contributed by atoms with Gasteiger partial charge in [0.2, 0.25) is 0 Å². The van der Waals surface area contributed by atoms with Gasteiger partial charge in [-0.15, -0.1) is 0 Å². The second kappa shape index (κ2) is 6.10. The average molecular weight is 306 g/mol. The molecule has 0 aliphatic heterocycles. The third-order valence-corrected chi connectivity index (χ3v) is 2.75. The van der Waals surface area contributed by atoms with Crippen molar-refractivity contribution in [2.24, 2.45) is 0 Å². The predicted molar refractivity (Wildman–Crippen MR) is 74.1 cm³/mol. The highest BCUT2D eigenvalue weighted by Gasteiger charge is 2.15. The maximum Gasteiger partial charge on any atom is 0.288 e. The summed E-state index contributed by atoms with van der Waals surface area (Å²) < 4.78 is 0. The molecule has 0 unspecified atom stereocenters. The number of hydrogen-bond donors (Lipinski definition) is 1. The first-order valence-corrected chi connectivity index (χ1v) is 6.06. The number of carbonyl (C=O) groups excluding carboxylic acids is 2. The Labute approximate surface area is 123 Å². The lowest BCUT2D eigenvalue weighted by Gasteiger charge is -2.04. The van der Waals surface area contributed by atoms with Crippen LogP contribution in [-0.4, -0.2) is 21.7 Å². The van der Waals surface area contributed by atoms with Crippen LogP contribution in [0, 0.1) is 10.1 Å². The second-order valence-corrected chi connectivity index (χ2v) is 4.42. The highest BCUT2D eigenvalue weighted by Crippen LogP contribution is 2.12. The Morgan fingerprint density at radius 1 is 1.14 bits per heavy atom. The van der Waals surface area contributed by atoms with E-state index in [-0.39, 0.29) is 16.8 Å². The molecule has 8 heteroatoms. The summed E-state index contributed by atoms with van der Waals surface area (Å²) in [6.07, 6.45) is 2.14. The molecule has 2 amide bonds. The van der Waals surface area contributed by atoms with E-state index in [2.05, 4.69) is 10.3 Å². The van der Waals surface area contributed by atoms with Crippen LogP contribution in [0.4, 0.5) is 5.69 Å². The number of imide groups is 1. The summed E-state index contributed by atoms with van der Waals surface area (Å²) in [5.41, 5.74) is -0.216. The first-order valence-electron chi connectivity index (χ1n) is 5.68. The van der Waals surface area contributed by atoms with E-state index in [1.807, 2.05) is 0 Å². The molecule has 21 heavy (non-hydrogen) atoms. The van der Waals surface area contributed by atoms with Crippen LogP contribution in [0.25, 0.3) is 0 Å². The summed E-state index contributed by atoms with van der Waals surface area (Å²) in [6.45, 7) is 0. The molecular weight excluding hydrogens is 298 g/mol. The highest BCUT2D eigenvalue weighted by molar-refractivity contribution is 6.31. The fourth-order valence-corrected chi connectivity index (χ4v) is 1.72. The van der Waals surface area contributed by atoms with E-state index in [1.165, 1.54) is 12.1 Å². The van der Waals surface area contributed by atoms with Gasteiger partial charge in [0.15, 0.2) is 0 Å². The standard InChI is InChI=1S/C13H8ClN3O4/c14-10-3-1-2-8(4-10)12(18)16-13(19)9-5-11(17(20)21)7-15-6-9/h1-7H,(H,16,18,19). The van der Waals surface area contributed by atoms with Gasteiger partial charge < -0.3 is 0 Å². The zero-order valence-electron chi connectivity index (χ0n) is 10.4. The molecule has 7 nitrogen and oxygen atoms in total. The summed E-state index contributed by atoms with van der Waals surface area (Å²) in [5.74, 6) is -1.44. The molecule has 0 saturated heterocycles. The van der Waals surface area contributed by atoms with Crippen molar-refractivity contribution in [2.75, 3.05) is 0 Å². The quantitative estimate of drug-likeness (QED) is 0.532. The molecule has 0 radical (unpaired) electrons. The van der Waals surface area contributed by atoms with Crippen LogP contribution in [0.15, 0.2) is 42.7 Å². The number of amides is 2. The van der Waals surface area contributed by atoms with Crippen LogP contribution in [0.3, 0.4) is 0 Å². The van der Waals surface area contributed by atoms with Crippen molar-refractivity contribution in [2.45, 2.75) is 0 Å². The minimum Gasteiger partial charge on any atom is -0.288 e. The number of rotatable bonds is 3. The molecule has 2 aromatic rings. The first-order chi connectivity index (χ1) is 9.97. The normalized spacial score (nSPS) is 9.95. The molecule has 0 fully saturated rings. The summed E-state index contributed by atoms with van der Waals surface area (Å²) in [4.78, 5) is 37.2. The molecule has 2 rings (SSSR count). The summed E-state index contributed by atoms with van der Waals surface area (Å²) in [7, 11) is 0. The monoisotopic (exact) mass is 305 g/mol. The van der Waals surface area contributed by atoms with Gasteiger partial charge in [0.1, 0.15) is 6.20 Å². The van der Waals surface area contributed by atoms with Gasteiger partial charge in [-0.3, -0.25) is 30.0 Å². The van der Waals surface area contributed by atoms with E-state index in [1.54, 1.807) is 12.1 Å². The number of benzene rings is 1. The van der Waals surface area contributed by atoms with Gasteiger partial charge in [0.25, 0.3) is 17.5 Å². The second-order valence-electron chi connectivity index (χ2n) is 3.98. The van der Waals surface area contributed by atoms with E-state index in [4.69, 9.17) is 11.6 Å². The number of nitro groups is 1. The van der Waals surface area contributed by atoms with Crippen LogP contribution in [0.1, 0.15) is 20.7 Å². The first kappa shape index (κ1) is 14.6. The van der Waals surface area contributed by atoms with Gasteiger partial charge in [0.05, 0.1) is 10.5 Å². The van der Waals surface area contributed by atoms with Gasteiger partial charge in [0, 0.05) is 22.8 Å². The Kier molecular flexibility index (Phi) is 4.24. The lowest BCUT2D eigenvalue weighted by molar-refractivity contribution is -0.385. The smallest absolute Gasteiger partial charge is 0.288 e. The van der Waals surface area contributed by atoms with Crippen molar-refractivity contribution in [1.29, 1.82) is 0 Å². The Morgan fingerprint density at radius 3 is 2.52 bits per heavy atom. The molecule has 0 bridgehead atoms. The van der Waals surface area contributed by atoms with Gasteiger partial charge in [-0.05, 0) is 18.2 Å². The molecule has 1 aromatic heterocycles. The lowest BCUT2D eigenvalue weighted by atomic mass is 10.2. The van der Waals surface area contributed by atoms with Crippen molar-refractivity contribution in [3.63, 3.8) is 0 Å². The highest BCUT2D eigenvalue weighted by atomic mass is 35.5. The van der Waals surface area contributed by atoms with Gasteiger partial charge in [-0.2, -0.15) is 0 Å². The molecule has 106 valence electrons. The molecule has 0 saturated carbocycles. The summed E-state index contributed by atoms with van der Waals surface area (Å²) in [5, 5.41) is 13.1. The van der Waals surface area contributed by atoms with Crippen molar-refractivity contribution in [1.82, 2.24) is 10.3 Å². The Bertz CT molecular complexity index is 733. The fraction of sp³-hybridized carbons (Fsp3) is 0.